The van der Waals surface area contributed by atoms with Crippen molar-refractivity contribution in [2.75, 3.05) is 7.11 Å². The van der Waals surface area contributed by atoms with Crippen LogP contribution in [0.2, 0.25) is 0 Å². The number of hydrogen-bond donors (Lipinski definition) is 0. The van der Waals surface area contributed by atoms with Crippen LogP contribution in [0.15, 0.2) is 5.38 Å². The minimum Gasteiger partial charge on any atom is -0.374 e. The SMILES string of the molecule is CCCC(OC)c1nc(CC#N)cs1. The Bertz CT molecular complexity index is 316. The molecule has 1 unspecified atom stereocenters. The second-order valence-electron chi connectivity index (χ2n) is 3.02. The fraction of sp³-hybridized carbons (Fsp3) is 0.600. The summed E-state index contributed by atoms with van der Waals surface area (Å²) in [7, 11) is 1.70. The number of thiazole rings is 1. The fourth-order valence-electron chi connectivity index (χ4n) is 1.24. The highest BCUT2D eigenvalue weighted by Gasteiger charge is 2.13. The first kappa shape index (κ1) is 11.2. The number of hydrogen-bond acceptors (Lipinski definition) is 4. The Hall–Kier alpha value is -0.920. The van der Waals surface area contributed by atoms with E-state index >= 15 is 0 Å². The molecule has 1 heterocycles. The molecule has 0 saturated heterocycles. The van der Waals surface area contributed by atoms with E-state index in [0.717, 1.165) is 23.5 Å². The van der Waals surface area contributed by atoms with Crippen molar-refractivity contribution in [3.63, 3.8) is 0 Å². The molecule has 0 bridgehead atoms. The van der Waals surface area contributed by atoms with E-state index in [2.05, 4.69) is 18.0 Å². The Morgan fingerprint density at radius 1 is 1.71 bits per heavy atom. The molecule has 0 aromatic carbocycles. The van der Waals surface area contributed by atoms with Gasteiger partial charge in [0.2, 0.25) is 0 Å². The van der Waals surface area contributed by atoms with E-state index in [1.54, 1.807) is 18.4 Å². The van der Waals surface area contributed by atoms with Gasteiger partial charge in [0.15, 0.2) is 0 Å². The van der Waals surface area contributed by atoms with Crippen molar-refractivity contribution in [1.82, 2.24) is 4.98 Å². The number of aromatic nitrogens is 1. The molecule has 0 N–H and O–H groups in total. The Morgan fingerprint density at radius 2 is 2.50 bits per heavy atom. The molecule has 1 aromatic rings. The van der Waals surface area contributed by atoms with Crippen LogP contribution in [0.3, 0.4) is 0 Å². The molecule has 3 nitrogen and oxygen atoms in total. The lowest BCUT2D eigenvalue weighted by molar-refractivity contribution is 0.0946. The van der Waals surface area contributed by atoms with Crippen LogP contribution in [0, 0.1) is 11.3 Å². The minimum atomic E-state index is 0.0949. The monoisotopic (exact) mass is 210 g/mol. The van der Waals surface area contributed by atoms with Crippen LogP contribution in [0.25, 0.3) is 0 Å². The zero-order valence-corrected chi connectivity index (χ0v) is 9.30. The van der Waals surface area contributed by atoms with Gasteiger partial charge in [-0.05, 0) is 6.42 Å². The van der Waals surface area contributed by atoms with Gasteiger partial charge in [0.1, 0.15) is 11.1 Å². The van der Waals surface area contributed by atoms with Gasteiger partial charge in [0.25, 0.3) is 0 Å². The quantitative estimate of drug-likeness (QED) is 0.750. The summed E-state index contributed by atoms with van der Waals surface area (Å²) in [4.78, 5) is 4.36. The standard InChI is InChI=1S/C10H14N2OS/c1-3-4-9(13-2)10-12-8(5-6-11)7-14-10/h7,9H,3-5H2,1-2H3. The Morgan fingerprint density at radius 3 is 3.07 bits per heavy atom. The number of methoxy groups -OCH3 is 1. The molecule has 1 rings (SSSR count). The molecule has 0 aliphatic carbocycles. The smallest absolute Gasteiger partial charge is 0.122 e. The predicted molar refractivity (Wildman–Crippen MR) is 56.1 cm³/mol. The first-order valence-corrected chi connectivity index (χ1v) is 5.53. The van der Waals surface area contributed by atoms with Crippen molar-refractivity contribution in [1.29, 1.82) is 5.26 Å². The van der Waals surface area contributed by atoms with Crippen molar-refractivity contribution in [3.05, 3.63) is 16.1 Å². The number of rotatable bonds is 5. The third-order valence-corrected chi connectivity index (χ3v) is 2.93. The highest BCUT2D eigenvalue weighted by atomic mass is 32.1. The van der Waals surface area contributed by atoms with Gasteiger partial charge in [-0.25, -0.2) is 4.98 Å². The Kier molecular flexibility index (Phi) is 4.57. The Balaban J connectivity index is 2.69. The van der Waals surface area contributed by atoms with Crippen LogP contribution in [0.5, 0.6) is 0 Å². The van der Waals surface area contributed by atoms with Gasteiger partial charge in [-0.15, -0.1) is 11.3 Å². The molecule has 14 heavy (non-hydrogen) atoms. The third kappa shape index (κ3) is 2.79. The van der Waals surface area contributed by atoms with E-state index in [0.29, 0.717) is 6.42 Å². The van der Waals surface area contributed by atoms with Gasteiger partial charge in [0.05, 0.1) is 18.2 Å². The molecule has 0 fully saturated rings. The summed E-state index contributed by atoms with van der Waals surface area (Å²) in [5, 5.41) is 11.4. The molecule has 0 aliphatic heterocycles. The van der Waals surface area contributed by atoms with E-state index < -0.39 is 0 Å². The van der Waals surface area contributed by atoms with Gasteiger partial charge >= 0.3 is 0 Å². The van der Waals surface area contributed by atoms with Gasteiger partial charge in [-0.1, -0.05) is 13.3 Å². The second kappa shape index (κ2) is 5.74. The van der Waals surface area contributed by atoms with Gasteiger partial charge in [-0.2, -0.15) is 5.26 Å². The zero-order valence-electron chi connectivity index (χ0n) is 8.49. The highest BCUT2D eigenvalue weighted by Crippen LogP contribution is 2.25. The molecule has 0 radical (unpaired) electrons. The molecule has 0 aliphatic rings. The summed E-state index contributed by atoms with van der Waals surface area (Å²) in [5.41, 5.74) is 0.852. The number of ether oxygens (including phenoxy) is 1. The van der Waals surface area contributed by atoms with Gasteiger partial charge in [-0.3, -0.25) is 0 Å². The number of nitrogens with zero attached hydrogens (tertiary/aromatic N) is 2. The Labute approximate surface area is 88.4 Å². The average molecular weight is 210 g/mol. The molecule has 1 atom stereocenters. The van der Waals surface area contributed by atoms with Crippen LogP contribution in [-0.4, -0.2) is 12.1 Å². The largest absolute Gasteiger partial charge is 0.374 e. The summed E-state index contributed by atoms with van der Waals surface area (Å²) in [6, 6.07) is 2.09. The lowest BCUT2D eigenvalue weighted by Crippen LogP contribution is -2.00. The average Bonchev–Trinajstić information content (AvgIpc) is 2.63. The van der Waals surface area contributed by atoms with E-state index in [1.165, 1.54) is 0 Å². The molecule has 76 valence electrons. The van der Waals surface area contributed by atoms with Crippen molar-refractivity contribution < 1.29 is 4.74 Å². The lowest BCUT2D eigenvalue weighted by atomic mass is 10.2. The topological polar surface area (TPSA) is 45.9 Å². The molecule has 0 amide bonds. The third-order valence-electron chi connectivity index (χ3n) is 1.94. The van der Waals surface area contributed by atoms with Crippen molar-refractivity contribution in [2.24, 2.45) is 0 Å². The maximum atomic E-state index is 8.51. The van der Waals surface area contributed by atoms with E-state index in [1.807, 2.05) is 5.38 Å². The maximum absolute atomic E-state index is 8.51. The fourth-order valence-corrected chi connectivity index (χ4v) is 2.17. The maximum Gasteiger partial charge on any atom is 0.122 e. The summed E-state index contributed by atoms with van der Waals surface area (Å²) in [6.45, 7) is 2.12. The van der Waals surface area contributed by atoms with Crippen LogP contribution < -0.4 is 0 Å². The summed E-state index contributed by atoms with van der Waals surface area (Å²) in [5.74, 6) is 0. The van der Waals surface area contributed by atoms with Gasteiger partial charge < -0.3 is 4.74 Å². The molecule has 1 aromatic heterocycles. The van der Waals surface area contributed by atoms with Crippen LogP contribution in [-0.2, 0) is 11.2 Å². The van der Waals surface area contributed by atoms with Crippen LogP contribution >= 0.6 is 11.3 Å². The number of nitriles is 1. The van der Waals surface area contributed by atoms with Gasteiger partial charge in [0, 0.05) is 12.5 Å². The highest BCUT2D eigenvalue weighted by molar-refractivity contribution is 7.09. The molecule has 0 spiro atoms. The van der Waals surface area contributed by atoms with E-state index in [4.69, 9.17) is 10.00 Å². The molecule has 0 saturated carbocycles. The van der Waals surface area contributed by atoms with Crippen molar-refractivity contribution in [3.8, 4) is 6.07 Å². The lowest BCUT2D eigenvalue weighted by Gasteiger charge is -2.10. The zero-order chi connectivity index (χ0) is 10.4. The molecule has 4 heteroatoms. The first-order valence-electron chi connectivity index (χ1n) is 4.65. The molecular weight excluding hydrogens is 196 g/mol. The second-order valence-corrected chi connectivity index (χ2v) is 3.91. The summed E-state index contributed by atoms with van der Waals surface area (Å²) >= 11 is 1.57. The van der Waals surface area contributed by atoms with Crippen molar-refractivity contribution in [2.45, 2.75) is 32.3 Å². The van der Waals surface area contributed by atoms with E-state index in [9.17, 15) is 0 Å². The van der Waals surface area contributed by atoms with Crippen LogP contribution in [0.1, 0.15) is 36.6 Å². The molecular formula is C10H14N2OS. The van der Waals surface area contributed by atoms with E-state index in [-0.39, 0.29) is 6.10 Å². The van der Waals surface area contributed by atoms with Crippen LogP contribution in [0.4, 0.5) is 0 Å². The summed E-state index contributed by atoms with van der Waals surface area (Å²) < 4.78 is 5.33. The normalized spacial score (nSPS) is 12.4. The minimum absolute atomic E-state index is 0.0949. The van der Waals surface area contributed by atoms with Crippen molar-refractivity contribution >= 4 is 11.3 Å². The summed E-state index contributed by atoms with van der Waals surface area (Å²) in [6.07, 6.45) is 2.54. The first-order chi connectivity index (χ1) is 6.81. The predicted octanol–water partition coefficient (Wildman–Crippen LogP) is 2.70.